The van der Waals surface area contributed by atoms with Crippen LogP contribution in [0, 0.1) is 0 Å². The molecular formula is C23H21ClN2O3. The lowest BCUT2D eigenvalue weighted by Gasteiger charge is -2.18. The molecule has 0 fully saturated rings. The molecule has 3 aromatic rings. The summed E-state index contributed by atoms with van der Waals surface area (Å²) >= 11 is 5.89. The van der Waals surface area contributed by atoms with E-state index in [0.717, 1.165) is 5.56 Å². The molecule has 0 aliphatic carbocycles. The van der Waals surface area contributed by atoms with Gasteiger partial charge in [-0.2, -0.15) is 0 Å². The van der Waals surface area contributed by atoms with E-state index >= 15 is 0 Å². The Kier molecular flexibility index (Phi) is 6.87. The fraction of sp³-hybridized carbons (Fsp3) is 0.130. The van der Waals surface area contributed by atoms with Crippen molar-refractivity contribution in [2.75, 3.05) is 19.0 Å². The molecule has 0 aliphatic heterocycles. The van der Waals surface area contributed by atoms with Crippen molar-refractivity contribution in [2.24, 2.45) is 0 Å². The molecule has 1 N–H and O–H groups in total. The summed E-state index contributed by atoms with van der Waals surface area (Å²) in [6, 6.07) is 23.3. The predicted octanol–water partition coefficient (Wildman–Crippen LogP) is 4.63. The van der Waals surface area contributed by atoms with Crippen LogP contribution in [0.15, 0.2) is 78.9 Å². The van der Waals surface area contributed by atoms with Gasteiger partial charge in [0.15, 0.2) is 6.61 Å². The average Bonchev–Trinajstić information content (AvgIpc) is 2.74. The smallest absolute Gasteiger partial charge is 0.260 e. The number of nitrogens with zero attached hydrogens (tertiary/aromatic N) is 1. The van der Waals surface area contributed by atoms with Gasteiger partial charge in [-0.1, -0.05) is 54.1 Å². The largest absolute Gasteiger partial charge is 0.483 e. The quantitative estimate of drug-likeness (QED) is 0.620. The fourth-order valence-corrected chi connectivity index (χ4v) is 2.83. The molecule has 2 amide bonds. The summed E-state index contributed by atoms with van der Waals surface area (Å²) in [7, 11) is 1.70. The summed E-state index contributed by atoms with van der Waals surface area (Å²) in [4.78, 5) is 26.6. The standard InChI is InChI=1S/C23H21ClN2O3/c1-26(15-17-11-13-18(24)14-12-17)22(27)16-29-21-10-6-5-9-20(21)23(28)25-19-7-3-2-4-8-19/h2-14H,15-16H2,1H3,(H,25,28). The van der Waals surface area contributed by atoms with Gasteiger partial charge in [-0.15, -0.1) is 0 Å². The maximum absolute atomic E-state index is 12.6. The van der Waals surface area contributed by atoms with E-state index in [2.05, 4.69) is 5.32 Å². The third-order valence-corrected chi connectivity index (χ3v) is 4.53. The maximum atomic E-state index is 12.6. The van der Waals surface area contributed by atoms with Crippen molar-refractivity contribution in [3.8, 4) is 5.75 Å². The Bertz CT molecular complexity index is 975. The van der Waals surface area contributed by atoms with Gasteiger partial charge in [0, 0.05) is 24.3 Å². The van der Waals surface area contributed by atoms with Crippen LogP contribution in [0.2, 0.25) is 5.02 Å². The number of hydrogen-bond acceptors (Lipinski definition) is 3. The Balaban J connectivity index is 1.60. The first kappa shape index (κ1) is 20.4. The highest BCUT2D eigenvalue weighted by molar-refractivity contribution is 6.30. The molecule has 0 atom stereocenters. The number of para-hydroxylation sites is 2. The molecule has 0 saturated carbocycles. The highest BCUT2D eigenvalue weighted by Crippen LogP contribution is 2.20. The minimum atomic E-state index is -0.297. The van der Waals surface area contributed by atoms with Crippen molar-refractivity contribution >= 4 is 29.1 Å². The summed E-state index contributed by atoms with van der Waals surface area (Å²) in [5.41, 5.74) is 2.02. The van der Waals surface area contributed by atoms with Crippen LogP contribution in [0.3, 0.4) is 0 Å². The van der Waals surface area contributed by atoms with Crippen LogP contribution >= 0.6 is 11.6 Å². The van der Waals surface area contributed by atoms with Crippen molar-refractivity contribution in [3.05, 3.63) is 95.0 Å². The number of anilines is 1. The second-order valence-corrected chi connectivity index (χ2v) is 6.92. The first-order valence-electron chi connectivity index (χ1n) is 9.09. The molecular weight excluding hydrogens is 388 g/mol. The van der Waals surface area contributed by atoms with Crippen molar-refractivity contribution in [2.45, 2.75) is 6.54 Å². The van der Waals surface area contributed by atoms with Crippen LogP contribution in [0.4, 0.5) is 5.69 Å². The molecule has 0 aromatic heterocycles. The number of nitrogens with one attached hydrogen (secondary N) is 1. The van der Waals surface area contributed by atoms with E-state index in [0.29, 0.717) is 28.6 Å². The Morgan fingerprint density at radius 1 is 0.931 bits per heavy atom. The SMILES string of the molecule is CN(Cc1ccc(Cl)cc1)C(=O)COc1ccccc1C(=O)Nc1ccccc1. The van der Waals surface area contributed by atoms with Gasteiger partial charge >= 0.3 is 0 Å². The number of ether oxygens (including phenoxy) is 1. The molecule has 3 aromatic carbocycles. The Hall–Kier alpha value is -3.31. The summed E-state index contributed by atoms with van der Waals surface area (Å²) in [6.45, 7) is 0.273. The van der Waals surface area contributed by atoms with Gasteiger partial charge < -0.3 is 15.0 Å². The van der Waals surface area contributed by atoms with Gasteiger partial charge in [-0.25, -0.2) is 0 Å². The lowest BCUT2D eigenvalue weighted by molar-refractivity contribution is -0.132. The van der Waals surface area contributed by atoms with Gasteiger partial charge in [0.2, 0.25) is 0 Å². The van der Waals surface area contributed by atoms with Crippen LogP contribution in [0.1, 0.15) is 15.9 Å². The van der Waals surface area contributed by atoms with Crippen molar-refractivity contribution in [1.82, 2.24) is 4.90 Å². The second-order valence-electron chi connectivity index (χ2n) is 6.48. The molecule has 5 nitrogen and oxygen atoms in total. The number of likely N-dealkylation sites (N-methyl/N-ethyl adjacent to an activating group) is 1. The monoisotopic (exact) mass is 408 g/mol. The Morgan fingerprint density at radius 2 is 1.59 bits per heavy atom. The third-order valence-electron chi connectivity index (χ3n) is 4.27. The molecule has 3 rings (SSSR count). The molecule has 0 unspecified atom stereocenters. The number of hydrogen-bond donors (Lipinski definition) is 1. The van der Waals surface area contributed by atoms with Crippen LogP contribution in [0.25, 0.3) is 0 Å². The number of carbonyl (C=O) groups is 2. The number of benzene rings is 3. The van der Waals surface area contributed by atoms with Crippen LogP contribution in [-0.4, -0.2) is 30.4 Å². The highest BCUT2D eigenvalue weighted by atomic mass is 35.5. The topological polar surface area (TPSA) is 58.6 Å². The normalized spacial score (nSPS) is 10.3. The van der Waals surface area contributed by atoms with E-state index in [1.807, 2.05) is 30.3 Å². The maximum Gasteiger partial charge on any atom is 0.260 e. The lowest BCUT2D eigenvalue weighted by Crippen LogP contribution is -2.31. The minimum Gasteiger partial charge on any atom is -0.483 e. The molecule has 29 heavy (non-hydrogen) atoms. The first-order valence-corrected chi connectivity index (χ1v) is 9.47. The molecule has 0 bridgehead atoms. The van der Waals surface area contributed by atoms with E-state index in [1.54, 1.807) is 60.5 Å². The zero-order valence-electron chi connectivity index (χ0n) is 16.0. The summed E-state index contributed by atoms with van der Waals surface area (Å²) < 4.78 is 5.66. The van der Waals surface area contributed by atoms with Gasteiger partial charge in [0.1, 0.15) is 5.75 Å². The summed E-state index contributed by atoms with van der Waals surface area (Å²) in [5, 5.41) is 3.47. The number of carbonyl (C=O) groups excluding carboxylic acids is 2. The third kappa shape index (κ3) is 5.83. The minimum absolute atomic E-state index is 0.167. The second kappa shape index (κ2) is 9.75. The van der Waals surface area contributed by atoms with Crippen molar-refractivity contribution < 1.29 is 14.3 Å². The Morgan fingerprint density at radius 3 is 2.31 bits per heavy atom. The summed E-state index contributed by atoms with van der Waals surface area (Å²) in [6.07, 6.45) is 0. The van der Waals surface area contributed by atoms with E-state index in [9.17, 15) is 9.59 Å². The first-order chi connectivity index (χ1) is 14.0. The molecule has 0 radical (unpaired) electrons. The number of rotatable bonds is 7. The number of amides is 2. The van der Waals surface area contributed by atoms with Gasteiger partial charge in [-0.3, -0.25) is 9.59 Å². The zero-order valence-corrected chi connectivity index (χ0v) is 16.7. The predicted molar refractivity (Wildman–Crippen MR) is 114 cm³/mol. The zero-order chi connectivity index (χ0) is 20.6. The van der Waals surface area contributed by atoms with Crippen LogP contribution in [0.5, 0.6) is 5.75 Å². The van der Waals surface area contributed by atoms with Gasteiger partial charge in [0.25, 0.3) is 11.8 Å². The van der Waals surface area contributed by atoms with Crippen molar-refractivity contribution in [3.63, 3.8) is 0 Å². The van der Waals surface area contributed by atoms with Crippen LogP contribution < -0.4 is 10.1 Å². The lowest BCUT2D eigenvalue weighted by atomic mass is 10.2. The summed E-state index contributed by atoms with van der Waals surface area (Å²) in [5.74, 6) is -0.138. The van der Waals surface area contributed by atoms with Crippen molar-refractivity contribution in [1.29, 1.82) is 0 Å². The van der Waals surface area contributed by atoms with Gasteiger partial charge in [-0.05, 0) is 42.0 Å². The van der Waals surface area contributed by atoms with E-state index in [4.69, 9.17) is 16.3 Å². The van der Waals surface area contributed by atoms with Crippen LogP contribution in [-0.2, 0) is 11.3 Å². The fourth-order valence-electron chi connectivity index (χ4n) is 2.70. The van der Waals surface area contributed by atoms with Gasteiger partial charge in [0.05, 0.1) is 5.56 Å². The number of halogens is 1. The van der Waals surface area contributed by atoms with E-state index in [1.165, 1.54) is 0 Å². The molecule has 148 valence electrons. The highest BCUT2D eigenvalue weighted by Gasteiger charge is 2.15. The molecule has 0 heterocycles. The molecule has 0 saturated heterocycles. The molecule has 0 aliphatic rings. The van der Waals surface area contributed by atoms with E-state index in [-0.39, 0.29) is 18.4 Å². The molecule has 0 spiro atoms. The Labute approximate surface area is 174 Å². The van der Waals surface area contributed by atoms with E-state index < -0.39 is 0 Å². The average molecular weight is 409 g/mol. The molecule has 6 heteroatoms.